The van der Waals surface area contributed by atoms with Crippen molar-refractivity contribution >= 4 is 23.2 Å². The highest BCUT2D eigenvalue weighted by molar-refractivity contribution is 6.34. The molecule has 1 amide bonds. The third-order valence-corrected chi connectivity index (χ3v) is 2.69. The third-order valence-electron chi connectivity index (χ3n) is 2.38. The number of halogens is 1. The van der Waals surface area contributed by atoms with E-state index in [9.17, 15) is 14.9 Å². The standard InChI is InChI=1S/C12H15ClN2O3/c1-8(2)7-14(3)12(16)10-5-4-9(15(17)18)6-11(10)13/h4-6,8H,7H2,1-3H3. The maximum absolute atomic E-state index is 12.1. The fourth-order valence-electron chi connectivity index (χ4n) is 1.63. The Morgan fingerprint density at radius 1 is 1.50 bits per heavy atom. The van der Waals surface area contributed by atoms with Crippen LogP contribution >= 0.6 is 11.6 Å². The van der Waals surface area contributed by atoms with Gasteiger partial charge in [-0.05, 0) is 12.0 Å². The Bertz CT molecular complexity index is 474. The minimum Gasteiger partial charge on any atom is -0.341 e. The monoisotopic (exact) mass is 270 g/mol. The van der Waals surface area contributed by atoms with Crippen LogP contribution in [0, 0.1) is 16.0 Å². The third kappa shape index (κ3) is 3.43. The van der Waals surface area contributed by atoms with E-state index in [2.05, 4.69) is 0 Å². The molecule has 1 aromatic rings. The van der Waals surface area contributed by atoms with Gasteiger partial charge in [0.05, 0.1) is 15.5 Å². The fraction of sp³-hybridized carbons (Fsp3) is 0.417. The van der Waals surface area contributed by atoms with Crippen molar-refractivity contribution in [3.63, 3.8) is 0 Å². The van der Waals surface area contributed by atoms with Crippen molar-refractivity contribution < 1.29 is 9.72 Å². The van der Waals surface area contributed by atoms with Gasteiger partial charge in [-0.1, -0.05) is 25.4 Å². The van der Waals surface area contributed by atoms with E-state index in [-0.39, 0.29) is 22.2 Å². The molecule has 0 spiro atoms. The highest BCUT2D eigenvalue weighted by atomic mass is 35.5. The molecule has 1 aromatic carbocycles. The van der Waals surface area contributed by atoms with Crippen LogP contribution in [-0.2, 0) is 0 Å². The zero-order valence-corrected chi connectivity index (χ0v) is 11.3. The van der Waals surface area contributed by atoms with Gasteiger partial charge in [-0.3, -0.25) is 14.9 Å². The van der Waals surface area contributed by atoms with Crippen molar-refractivity contribution in [2.24, 2.45) is 5.92 Å². The number of hydrogen-bond acceptors (Lipinski definition) is 3. The summed E-state index contributed by atoms with van der Waals surface area (Å²) in [6, 6.07) is 3.86. The minimum absolute atomic E-state index is 0.102. The molecule has 0 unspecified atom stereocenters. The number of nitro benzene ring substituents is 1. The summed E-state index contributed by atoms with van der Waals surface area (Å²) in [5.41, 5.74) is 0.161. The van der Waals surface area contributed by atoms with E-state index in [1.54, 1.807) is 11.9 Å². The molecule has 0 aliphatic rings. The molecule has 0 saturated heterocycles. The van der Waals surface area contributed by atoms with Crippen LogP contribution in [-0.4, -0.2) is 29.3 Å². The van der Waals surface area contributed by atoms with Crippen LogP contribution in [0.25, 0.3) is 0 Å². The van der Waals surface area contributed by atoms with Crippen LogP contribution in [0.4, 0.5) is 5.69 Å². The summed E-state index contributed by atoms with van der Waals surface area (Å²) < 4.78 is 0. The van der Waals surface area contributed by atoms with E-state index in [1.165, 1.54) is 18.2 Å². The highest BCUT2D eigenvalue weighted by Crippen LogP contribution is 2.23. The number of hydrogen-bond donors (Lipinski definition) is 0. The number of benzene rings is 1. The van der Waals surface area contributed by atoms with Crippen LogP contribution < -0.4 is 0 Å². The van der Waals surface area contributed by atoms with Crippen LogP contribution in [0.5, 0.6) is 0 Å². The fourth-order valence-corrected chi connectivity index (χ4v) is 1.88. The van der Waals surface area contributed by atoms with Gasteiger partial charge in [-0.15, -0.1) is 0 Å². The predicted molar refractivity (Wildman–Crippen MR) is 69.9 cm³/mol. The van der Waals surface area contributed by atoms with Gasteiger partial charge in [-0.25, -0.2) is 0 Å². The second-order valence-electron chi connectivity index (χ2n) is 4.50. The molecule has 1 rings (SSSR count). The molecule has 6 heteroatoms. The normalized spacial score (nSPS) is 10.5. The lowest BCUT2D eigenvalue weighted by molar-refractivity contribution is -0.384. The van der Waals surface area contributed by atoms with E-state index in [0.29, 0.717) is 12.5 Å². The lowest BCUT2D eigenvalue weighted by atomic mass is 10.1. The molecule has 0 atom stereocenters. The van der Waals surface area contributed by atoms with Crippen molar-refractivity contribution in [2.45, 2.75) is 13.8 Å². The molecule has 0 heterocycles. The van der Waals surface area contributed by atoms with Crippen molar-refractivity contribution in [3.05, 3.63) is 38.9 Å². The van der Waals surface area contributed by atoms with E-state index in [4.69, 9.17) is 11.6 Å². The molecule has 5 nitrogen and oxygen atoms in total. The van der Waals surface area contributed by atoms with Gasteiger partial charge in [0.15, 0.2) is 0 Å². The maximum atomic E-state index is 12.1. The maximum Gasteiger partial charge on any atom is 0.270 e. The topological polar surface area (TPSA) is 63.5 Å². The first kappa shape index (κ1) is 14.4. The number of nitro groups is 1. The molecule has 0 N–H and O–H groups in total. The van der Waals surface area contributed by atoms with E-state index in [1.807, 2.05) is 13.8 Å². The Balaban J connectivity index is 2.96. The minimum atomic E-state index is -0.544. The number of nitrogens with zero attached hydrogens (tertiary/aromatic N) is 2. The Hall–Kier alpha value is -1.62. The van der Waals surface area contributed by atoms with E-state index in [0.717, 1.165) is 0 Å². The Morgan fingerprint density at radius 3 is 2.56 bits per heavy atom. The first-order valence-corrected chi connectivity index (χ1v) is 5.90. The van der Waals surface area contributed by atoms with Gasteiger partial charge in [0.2, 0.25) is 0 Å². The van der Waals surface area contributed by atoms with Gasteiger partial charge in [0, 0.05) is 25.7 Å². The van der Waals surface area contributed by atoms with Gasteiger partial charge in [0.25, 0.3) is 11.6 Å². The molecule has 18 heavy (non-hydrogen) atoms. The molecule has 0 radical (unpaired) electrons. The van der Waals surface area contributed by atoms with Crippen molar-refractivity contribution in [2.75, 3.05) is 13.6 Å². The zero-order valence-electron chi connectivity index (χ0n) is 10.5. The highest BCUT2D eigenvalue weighted by Gasteiger charge is 2.18. The Labute approximate surface area is 110 Å². The van der Waals surface area contributed by atoms with Gasteiger partial charge < -0.3 is 4.90 Å². The summed E-state index contributed by atoms with van der Waals surface area (Å²) in [5.74, 6) is 0.111. The molecule has 98 valence electrons. The smallest absolute Gasteiger partial charge is 0.270 e. The Morgan fingerprint density at radius 2 is 2.11 bits per heavy atom. The predicted octanol–water partition coefficient (Wildman–Crippen LogP) is 2.98. The summed E-state index contributed by atoms with van der Waals surface area (Å²) in [7, 11) is 1.68. The number of carbonyl (C=O) groups excluding carboxylic acids is 1. The molecular formula is C12H15ClN2O3. The second kappa shape index (κ2) is 5.82. The van der Waals surface area contributed by atoms with E-state index >= 15 is 0 Å². The van der Waals surface area contributed by atoms with Gasteiger partial charge in [0.1, 0.15) is 0 Å². The number of carbonyl (C=O) groups is 1. The molecule has 0 fully saturated rings. The van der Waals surface area contributed by atoms with Crippen molar-refractivity contribution in [3.8, 4) is 0 Å². The SMILES string of the molecule is CC(C)CN(C)C(=O)c1ccc([N+](=O)[O-])cc1Cl. The largest absolute Gasteiger partial charge is 0.341 e. The molecule has 0 aliphatic heterocycles. The summed E-state index contributed by atoms with van der Waals surface area (Å²) >= 11 is 5.90. The van der Waals surface area contributed by atoms with Crippen LogP contribution in [0.3, 0.4) is 0 Å². The van der Waals surface area contributed by atoms with Gasteiger partial charge >= 0.3 is 0 Å². The van der Waals surface area contributed by atoms with Crippen LogP contribution in [0.2, 0.25) is 5.02 Å². The van der Waals surface area contributed by atoms with Crippen LogP contribution in [0.15, 0.2) is 18.2 Å². The lowest BCUT2D eigenvalue weighted by Crippen LogP contribution is -2.30. The number of rotatable bonds is 4. The molecule has 0 saturated carbocycles. The first-order valence-electron chi connectivity index (χ1n) is 5.52. The summed E-state index contributed by atoms with van der Waals surface area (Å²) in [5, 5.41) is 10.7. The summed E-state index contributed by atoms with van der Waals surface area (Å²) in [4.78, 5) is 23.6. The molecule has 0 aromatic heterocycles. The van der Waals surface area contributed by atoms with Crippen LogP contribution in [0.1, 0.15) is 24.2 Å². The molecular weight excluding hydrogens is 256 g/mol. The van der Waals surface area contributed by atoms with Crippen molar-refractivity contribution in [1.29, 1.82) is 0 Å². The molecule has 0 bridgehead atoms. The number of amides is 1. The van der Waals surface area contributed by atoms with E-state index < -0.39 is 4.92 Å². The quantitative estimate of drug-likeness (QED) is 0.624. The molecule has 0 aliphatic carbocycles. The Kier molecular flexibility index (Phi) is 4.67. The second-order valence-corrected chi connectivity index (χ2v) is 4.91. The lowest BCUT2D eigenvalue weighted by Gasteiger charge is -2.19. The average Bonchev–Trinajstić information content (AvgIpc) is 2.26. The number of non-ortho nitro benzene ring substituents is 1. The summed E-state index contributed by atoms with van der Waals surface area (Å²) in [6.45, 7) is 4.61. The van der Waals surface area contributed by atoms with Crippen molar-refractivity contribution in [1.82, 2.24) is 4.90 Å². The zero-order chi connectivity index (χ0) is 13.9. The van der Waals surface area contributed by atoms with Gasteiger partial charge in [-0.2, -0.15) is 0 Å². The average molecular weight is 271 g/mol. The summed E-state index contributed by atoms with van der Waals surface area (Å²) in [6.07, 6.45) is 0. The first-order chi connectivity index (χ1) is 8.32.